The number of ether oxygens (including phenoxy) is 1. The van der Waals surface area contributed by atoms with E-state index < -0.39 is 0 Å². The van der Waals surface area contributed by atoms with Crippen molar-refractivity contribution in [3.05, 3.63) is 59.4 Å². The summed E-state index contributed by atoms with van der Waals surface area (Å²) in [5, 5.41) is 2.81. The number of aryl methyl sites for hydroxylation is 1. The van der Waals surface area contributed by atoms with Gasteiger partial charge in [-0.2, -0.15) is 0 Å². The second-order valence-corrected chi connectivity index (χ2v) is 7.27. The first-order chi connectivity index (χ1) is 13.5. The Morgan fingerprint density at radius 1 is 1.25 bits per heavy atom. The maximum atomic E-state index is 13.7. The van der Waals surface area contributed by atoms with E-state index >= 15 is 0 Å². The van der Waals surface area contributed by atoms with E-state index in [1.54, 1.807) is 19.1 Å². The number of halogens is 1. The molecule has 0 saturated carbocycles. The third-order valence-corrected chi connectivity index (χ3v) is 5.24. The van der Waals surface area contributed by atoms with Crippen LogP contribution in [-0.2, 0) is 16.1 Å². The summed E-state index contributed by atoms with van der Waals surface area (Å²) in [6, 6.07) is 12.7. The highest BCUT2D eigenvalue weighted by Crippen LogP contribution is 2.23. The SMILES string of the molecule is Cc1ccc(NC(=O)[C@H](C)N(C)Cc2ccccc2N2CCOCC2)cc1F. The molecule has 1 heterocycles. The molecule has 0 radical (unpaired) electrons. The van der Waals surface area contributed by atoms with Crippen LogP contribution in [0, 0.1) is 12.7 Å². The minimum Gasteiger partial charge on any atom is -0.378 e. The maximum absolute atomic E-state index is 13.7. The molecule has 1 aliphatic rings. The van der Waals surface area contributed by atoms with Gasteiger partial charge in [0.15, 0.2) is 0 Å². The minimum atomic E-state index is -0.359. The first kappa shape index (κ1) is 20.3. The molecule has 1 amide bonds. The van der Waals surface area contributed by atoms with Crippen LogP contribution in [0.25, 0.3) is 0 Å². The van der Waals surface area contributed by atoms with Gasteiger partial charge >= 0.3 is 0 Å². The number of nitrogens with zero attached hydrogens (tertiary/aromatic N) is 2. The van der Waals surface area contributed by atoms with Crippen molar-refractivity contribution in [2.24, 2.45) is 0 Å². The summed E-state index contributed by atoms with van der Waals surface area (Å²) in [4.78, 5) is 16.9. The molecule has 5 nitrogen and oxygen atoms in total. The Morgan fingerprint density at radius 2 is 1.96 bits per heavy atom. The lowest BCUT2D eigenvalue weighted by atomic mass is 10.1. The number of rotatable bonds is 6. The molecule has 150 valence electrons. The highest BCUT2D eigenvalue weighted by molar-refractivity contribution is 5.94. The smallest absolute Gasteiger partial charge is 0.241 e. The summed E-state index contributed by atoms with van der Waals surface area (Å²) in [6.07, 6.45) is 0. The summed E-state index contributed by atoms with van der Waals surface area (Å²) >= 11 is 0. The quantitative estimate of drug-likeness (QED) is 0.828. The van der Waals surface area contributed by atoms with Crippen molar-refractivity contribution in [3.63, 3.8) is 0 Å². The van der Waals surface area contributed by atoms with Crippen LogP contribution >= 0.6 is 0 Å². The van der Waals surface area contributed by atoms with E-state index in [0.717, 1.165) is 26.3 Å². The summed E-state index contributed by atoms with van der Waals surface area (Å²) < 4.78 is 19.2. The van der Waals surface area contributed by atoms with Crippen LogP contribution in [0.5, 0.6) is 0 Å². The molecule has 2 aromatic carbocycles. The van der Waals surface area contributed by atoms with Gasteiger partial charge in [-0.15, -0.1) is 0 Å². The number of anilines is 2. The average Bonchev–Trinajstić information content (AvgIpc) is 2.71. The van der Waals surface area contributed by atoms with Gasteiger partial charge in [0.05, 0.1) is 19.3 Å². The number of likely N-dealkylation sites (N-methyl/N-ethyl adjacent to an activating group) is 1. The standard InChI is InChI=1S/C22H28FN3O2/c1-16-8-9-19(14-20(16)23)24-22(27)17(2)25(3)15-18-6-4-5-7-21(18)26-10-12-28-13-11-26/h4-9,14,17H,10-13,15H2,1-3H3,(H,24,27)/t17-/m0/s1. The van der Waals surface area contributed by atoms with E-state index in [1.807, 2.05) is 31.0 Å². The van der Waals surface area contributed by atoms with Crippen LogP contribution < -0.4 is 10.2 Å². The first-order valence-electron chi connectivity index (χ1n) is 9.63. The number of para-hydroxylation sites is 1. The van der Waals surface area contributed by atoms with Gasteiger partial charge in [-0.05, 0) is 50.2 Å². The van der Waals surface area contributed by atoms with Crippen LogP contribution in [0.2, 0.25) is 0 Å². The Balaban J connectivity index is 1.66. The summed E-state index contributed by atoms with van der Waals surface area (Å²) in [5.74, 6) is -0.479. The monoisotopic (exact) mass is 385 g/mol. The molecular weight excluding hydrogens is 357 g/mol. The molecule has 1 N–H and O–H groups in total. The zero-order valence-corrected chi connectivity index (χ0v) is 16.7. The number of nitrogens with one attached hydrogen (secondary N) is 1. The highest BCUT2D eigenvalue weighted by Gasteiger charge is 2.21. The van der Waals surface area contributed by atoms with Crippen LogP contribution in [-0.4, -0.2) is 50.2 Å². The third kappa shape index (κ3) is 4.88. The molecule has 1 saturated heterocycles. The van der Waals surface area contributed by atoms with Gasteiger partial charge in [0.25, 0.3) is 0 Å². The van der Waals surface area contributed by atoms with Crippen molar-refractivity contribution in [2.45, 2.75) is 26.4 Å². The molecule has 1 fully saturated rings. The van der Waals surface area contributed by atoms with Gasteiger partial charge in [0, 0.05) is 31.0 Å². The molecule has 0 aliphatic carbocycles. The summed E-state index contributed by atoms with van der Waals surface area (Å²) in [7, 11) is 1.93. The molecule has 0 bridgehead atoms. The fourth-order valence-corrected chi connectivity index (χ4v) is 3.28. The van der Waals surface area contributed by atoms with Crippen molar-refractivity contribution >= 4 is 17.3 Å². The molecule has 28 heavy (non-hydrogen) atoms. The predicted molar refractivity (Wildman–Crippen MR) is 110 cm³/mol. The van der Waals surface area contributed by atoms with Gasteiger partial charge in [0.2, 0.25) is 5.91 Å². The normalized spacial score (nSPS) is 15.5. The Hall–Kier alpha value is -2.44. The maximum Gasteiger partial charge on any atom is 0.241 e. The number of carbonyl (C=O) groups is 1. The molecule has 2 aromatic rings. The number of hydrogen-bond acceptors (Lipinski definition) is 4. The molecule has 0 unspecified atom stereocenters. The number of carbonyl (C=O) groups excluding carboxylic acids is 1. The molecule has 3 rings (SSSR count). The molecule has 1 aliphatic heterocycles. The molecule has 0 spiro atoms. The van der Waals surface area contributed by atoms with Crippen LogP contribution in [0.15, 0.2) is 42.5 Å². The third-order valence-electron chi connectivity index (χ3n) is 5.24. The Bertz CT molecular complexity index is 821. The highest BCUT2D eigenvalue weighted by atomic mass is 19.1. The largest absolute Gasteiger partial charge is 0.378 e. The van der Waals surface area contributed by atoms with E-state index in [1.165, 1.54) is 17.3 Å². The molecular formula is C22H28FN3O2. The number of amides is 1. The number of morpholine rings is 1. The molecule has 1 atom stereocenters. The summed E-state index contributed by atoms with van der Waals surface area (Å²) in [5.41, 5.74) is 3.39. The lowest BCUT2D eigenvalue weighted by molar-refractivity contribution is -0.120. The van der Waals surface area contributed by atoms with Crippen molar-refractivity contribution in [3.8, 4) is 0 Å². The van der Waals surface area contributed by atoms with Gasteiger partial charge in [-0.1, -0.05) is 24.3 Å². The lowest BCUT2D eigenvalue weighted by Gasteiger charge is -2.32. The van der Waals surface area contributed by atoms with Crippen LogP contribution in [0.1, 0.15) is 18.1 Å². The first-order valence-corrected chi connectivity index (χ1v) is 9.63. The van der Waals surface area contributed by atoms with Crippen LogP contribution in [0.4, 0.5) is 15.8 Å². The second-order valence-electron chi connectivity index (χ2n) is 7.27. The van der Waals surface area contributed by atoms with Crippen molar-refractivity contribution in [1.82, 2.24) is 4.90 Å². The fraction of sp³-hybridized carbons (Fsp3) is 0.409. The van der Waals surface area contributed by atoms with Gasteiger partial charge < -0.3 is 15.0 Å². The van der Waals surface area contributed by atoms with Gasteiger partial charge in [-0.3, -0.25) is 9.69 Å². The van der Waals surface area contributed by atoms with Crippen molar-refractivity contribution in [2.75, 3.05) is 43.6 Å². The number of hydrogen-bond donors (Lipinski definition) is 1. The van der Waals surface area contributed by atoms with Gasteiger partial charge in [-0.25, -0.2) is 4.39 Å². The van der Waals surface area contributed by atoms with Crippen molar-refractivity contribution < 1.29 is 13.9 Å². The number of benzene rings is 2. The van der Waals surface area contributed by atoms with Gasteiger partial charge in [0.1, 0.15) is 5.82 Å². The zero-order valence-electron chi connectivity index (χ0n) is 16.7. The molecule has 0 aromatic heterocycles. The van der Waals surface area contributed by atoms with Crippen molar-refractivity contribution in [1.29, 1.82) is 0 Å². The average molecular weight is 385 g/mol. The predicted octanol–water partition coefficient (Wildman–Crippen LogP) is 3.43. The lowest BCUT2D eigenvalue weighted by Crippen LogP contribution is -2.40. The van der Waals surface area contributed by atoms with Crippen LogP contribution in [0.3, 0.4) is 0 Å². The summed E-state index contributed by atoms with van der Waals surface area (Å²) in [6.45, 7) is 7.41. The fourth-order valence-electron chi connectivity index (χ4n) is 3.28. The van der Waals surface area contributed by atoms with E-state index in [9.17, 15) is 9.18 Å². The molecule has 6 heteroatoms. The Kier molecular flexibility index (Phi) is 6.65. The zero-order chi connectivity index (χ0) is 20.1. The van der Waals surface area contributed by atoms with E-state index in [0.29, 0.717) is 17.8 Å². The van der Waals surface area contributed by atoms with E-state index in [-0.39, 0.29) is 17.8 Å². The topological polar surface area (TPSA) is 44.8 Å². The Morgan fingerprint density at radius 3 is 2.68 bits per heavy atom. The van der Waals surface area contributed by atoms with E-state index in [4.69, 9.17) is 4.74 Å². The van der Waals surface area contributed by atoms with E-state index in [2.05, 4.69) is 22.3 Å². The Labute approximate surface area is 166 Å². The minimum absolute atomic E-state index is 0.158. The second kappa shape index (κ2) is 9.17.